The van der Waals surface area contributed by atoms with Crippen molar-refractivity contribution in [3.05, 3.63) is 65.2 Å². The van der Waals surface area contributed by atoms with Crippen LogP contribution in [0.2, 0.25) is 0 Å². The van der Waals surface area contributed by atoms with Crippen LogP contribution < -0.4 is 10.9 Å². The predicted molar refractivity (Wildman–Crippen MR) is 77.4 cm³/mol. The van der Waals surface area contributed by atoms with Crippen molar-refractivity contribution in [2.75, 3.05) is 5.43 Å². The van der Waals surface area contributed by atoms with Crippen molar-refractivity contribution >= 4 is 5.69 Å². The zero-order valence-corrected chi connectivity index (χ0v) is 11.0. The predicted octanol–water partition coefficient (Wildman–Crippen LogP) is 3.24. The van der Waals surface area contributed by atoms with Gasteiger partial charge >= 0.3 is 0 Å². The van der Waals surface area contributed by atoms with E-state index < -0.39 is 0 Å². The average molecular weight is 251 g/mol. The van der Waals surface area contributed by atoms with E-state index in [1.165, 1.54) is 11.1 Å². The van der Waals surface area contributed by atoms with Crippen molar-refractivity contribution in [3.63, 3.8) is 0 Å². The minimum absolute atomic E-state index is 0.719. The van der Waals surface area contributed by atoms with Crippen LogP contribution in [0.4, 0.5) is 5.69 Å². The van der Waals surface area contributed by atoms with E-state index in [-0.39, 0.29) is 0 Å². The van der Waals surface area contributed by atoms with Gasteiger partial charge in [0, 0.05) is 12.2 Å². The molecule has 0 unspecified atom stereocenters. The molecule has 2 N–H and O–H groups in total. The number of hydrogen-bond donors (Lipinski definition) is 2. The lowest BCUT2D eigenvalue weighted by Crippen LogP contribution is -2.21. The first kappa shape index (κ1) is 13.1. The standard InChI is InChI=1S/C16H17N3/c1-2-14-10-13(11-17)8-9-15(14)12-18-19-16-6-4-3-5-7-16/h3-10,18-19H,2,12H2,1H3. The molecule has 96 valence electrons. The lowest BCUT2D eigenvalue weighted by Gasteiger charge is -2.11. The van der Waals surface area contributed by atoms with Crippen molar-refractivity contribution in [3.8, 4) is 6.07 Å². The normalized spacial score (nSPS) is 9.89. The highest BCUT2D eigenvalue weighted by atomic mass is 15.3. The maximum atomic E-state index is 8.90. The number of nitriles is 1. The van der Waals surface area contributed by atoms with Crippen molar-refractivity contribution in [2.24, 2.45) is 0 Å². The summed E-state index contributed by atoms with van der Waals surface area (Å²) in [5.74, 6) is 0. The molecule has 0 heterocycles. The zero-order valence-electron chi connectivity index (χ0n) is 11.0. The average Bonchev–Trinajstić information content (AvgIpc) is 2.48. The van der Waals surface area contributed by atoms with Crippen molar-refractivity contribution in [2.45, 2.75) is 19.9 Å². The third-order valence-electron chi connectivity index (χ3n) is 3.00. The Morgan fingerprint density at radius 3 is 2.53 bits per heavy atom. The van der Waals surface area contributed by atoms with E-state index in [4.69, 9.17) is 5.26 Å². The number of para-hydroxylation sites is 1. The Labute approximate surface area is 113 Å². The monoisotopic (exact) mass is 251 g/mol. The van der Waals surface area contributed by atoms with E-state index >= 15 is 0 Å². The quantitative estimate of drug-likeness (QED) is 0.802. The Balaban J connectivity index is 1.98. The number of rotatable bonds is 5. The van der Waals surface area contributed by atoms with Gasteiger partial charge in [0.25, 0.3) is 0 Å². The molecule has 0 aliphatic rings. The Hall–Kier alpha value is -2.31. The molecule has 0 fully saturated rings. The van der Waals surface area contributed by atoms with Crippen LogP contribution in [0.3, 0.4) is 0 Å². The second-order valence-electron chi connectivity index (χ2n) is 4.29. The lowest BCUT2D eigenvalue weighted by molar-refractivity contribution is 0.790. The summed E-state index contributed by atoms with van der Waals surface area (Å²) in [6, 6.07) is 18.0. The SMILES string of the molecule is CCc1cc(C#N)ccc1CNNc1ccccc1. The van der Waals surface area contributed by atoms with Gasteiger partial charge in [0.05, 0.1) is 11.6 Å². The second-order valence-corrected chi connectivity index (χ2v) is 4.29. The Kier molecular flexibility index (Phi) is 4.54. The number of hydrogen-bond acceptors (Lipinski definition) is 3. The molecule has 0 aromatic heterocycles. The summed E-state index contributed by atoms with van der Waals surface area (Å²) >= 11 is 0. The smallest absolute Gasteiger partial charge is 0.0991 e. The first-order chi connectivity index (χ1) is 9.33. The van der Waals surface area contributed by atoms with Gasteiger partial charge in [-0.25, -0.2) is 5.43 Å². The minimum atomic E-state index is 0.719. The lowest BCUT2D eigenvalue weighted by atomic mass is 10.0. The highest BCUT2D eigenvalue weighted by Crippen LogP contribution is 2.12. The molecular weight excluding hydrogens is 234 g/mol. The maximum absolute atomic E-state index is 8.90. The van der Waals surface area contributed by atoms with E-state index in [1.807, 2.05) is 48.5 Å². The molecule has 0 atom stereocenters. The van der Waals surface area contributed by atoms with Crippen LogP contribution in [0, 0.1) is 11.3 Å². The second kappa shape index (κ2) is 6.58. The largest absolute Gasteiger partial charge is 0.321 e. The van der Waals surface area contributed by atoms with Crippen LogP contribution in [-0.4, -0.2) is 0 Å². The number of nitrogens with one attached hydrogen (secondary N) is 2. The fraction of sp³-hybridized carbons (Fsp3) is 0.188. The van der Waals surface area contributed by atoms with Gasteiger partial charge in [0.15, 0.2) is 0 Å². The fourth-order valence-corrected chi connectivity index (χ4v) is 1.96. The van der Waals surface area contributed by atoms with Crippen LogP contribution in [0.1, 0.15) is 23.6 Å². The van der Waals surface area contributed by atoms with E-state index in [9.17, 15) is 0 Å². The van der Waals surface area contributed by atoms with Crippen molar-refractivity contribution < 1.29 is 0 Å². The molecule has 3 nitrogen and oxygen atoms in total. The molecule has 0 amide bonds. The molecule has 0 saturated heterocycles. The first-order valence-corrected chi connectivity index (χ1v) is 6.39. The summed E-state index contributed by atoms with van der Waals surface area (Å²) in [4.78, 5) is 0. The molecule has 0 radical (unpaired) electrons. The Bertz CT molecular complexity index is 570. The van der Waals surface area contributed by atoms with Crippen LogP contribution in [0.25, 0.3) is 0 Å². The van der Waals surface area contributed by atoms with Gasteiger partial charge in [-0.15, -0.1) is 0 Å². The first-order valence-electron chi connectivity index (χ1n) is 6.39. The van der Waals surface area contributed by atoms with Crippen LogP contribution in [0.15, 0.2) is 48.5 Å². The summed E-state index contributed by atoms with van der Waals surface area (Å²) < 4.78 is 0. The van der Waals surface area contributed by atoms with Gasteiger partial charge in [0.1, 0.15) is 0 Å². The fourth-order valence-electron chi connectivity index (χ4n) is 1.96. The van der Waals surface area contributed by atoms with E-state index in [2.05, 4.69) is 23.8 Å². The summed E-state index contributed by atoms with van der Waals surface area (Å²) in [6.45, 7) is 2.83. The van der Waals surface area contributed by atoms with E-state index in [0.717, 1.165) is 24.2 Å². The molecule has 0 bridgehead atoms. The van der Waals surface area contributed by atoms with Crippen LogP contribution >= 0.6 is 0 Å². The van der Waals surface area contributed by atoms with Gasteiger partial charge in [-0.3, -0.25) is 0 Å². The number of hydrazine groups is 1. The molecule has 0 aliphatic heterocycles. The molecule has 19 heavy (non-hydrogen) atoms. The molecule has 2 rings (SSSR count). The van der Waals surface area contributed by atoms with Crippen molar-refractivity contribution in [1.29, 1.82) is 5.26 Å². The number of nitrogens with zero attached hydrogens (tertiary/aromatic N) is 1. The molecule has 2 aromatic carbocycles. The third kappa shape index (κ3) is 3.57. The minimum Gasteiger partial charge on any atom is -0.321 e. The number of aryl methyl sites for hydroxylation is 1. The molecule has 0 aliphatic carbocycles. The van der Waals surface area contributed by atoms with Gasteiger partial charge in [-0.05, 0) is 41.8 Å². The molecule has 3 heteroatoms. The Morgan fingerprint density at radius 1 is 1.05 bits per heavy atom. The van der Waals surface area contributed by atoms with E-state index in [0.29, 0.717) is 0 Å². The molecular formula is C16H17N3. The summed E-state index contributed by atoms with van der Waals surface area (Å²) in [7, 11) is 0. The van der Waals surface area contributed by atoms with Gasteiger partial charge in [-0.2, -0.15) is 5.26 Å². The highest BCUT2D eigenvalue weighted by molar-refractivity contribution is 5.42. The van der Waals surface area contributed by atoms with Gasteiger partial charge in [0.2, 0.25) is 0 Å². The summed E-state index contributed by atoms with van der Waals surface area (Å²) in [5, 5.41) is 8.90. The zero-order chi connectivity index (χ0) is 13.5. The van der Waals surface area contributed by atoms with Gasteiger partial charge in [-0.1, -0.05) is 31.2 Å². The number of benzene rings is 2. The van der Waals surface area contributed by atoms with Gasteiger partial charge < -0.3 is 5.43 Å². The summed E-state index contributed by atoms with van der Waals surface area (Å²) in [5.41, 5.74) is 10.5. The molecule has 0 saturated carbocycles. The van der Waals surface area contributed by atoms with E-state index in [1.54, 1.807) is 0 Å². The van der Waals surface area contributed by atoms with Crippen LogP contribution in [-0.2, 0) is 13.0 Å². The highest BCUT2D eigenvalue weighted by Gasteiger charge is 2.02. The van der Waals surface area contributed by atoms with Crippen molar-refractivity contribution in [1.82, 2.24) is 5.43 Å². The third-order valence-corrected chi connectivity index (χ3v) is 3.00. The number of anilines is 1. The molecule has 2 aromatic rings. The topological polar surface area (TPSA) is 47.9 Å². The summed E-state index contributed by atoms with van der Waals surface area (Å²) in [6.07, 6.45) is 0.928. The molecule has 0 spiro atoms. The maximum Gasteiger partial charge on any atom is 0.0991 e. The van der Waals surface area contributed by atoms with Crippen LogP contribution in [0.5, 0.6) is 0 Å². The Morgan fingerprint density at radius 2 is 1.84 bits per heavy atom.